The summed E-state index contributed by atoms with van der Waals surface area (Å²) < 4.78 is 13.1. The molecule has 7 nitrogen and oxygen atoms in total. The van der Waals surface area contributed by atoms with E-state index in [0.29, 0.717) is 11.6 Å². The van der Waals surface area contributed by atoms with Crippen molar-refractivity contribution in [1.29, 1.82) is 0 Å². The maximum atomic E-state index is 10.8. The molecule has 0 radical (unpaired) electrons. The molecule has 3 heterocycles. The Labute approximate surface area is 162 Å². The lowest BCUT2D eigenvalue weighted by molar-refractivity contribution is -0.0764. The fraction of sp³-hybridized carbons (Fsp3) is 0.474. The molecule has 144 valence electrons. The van der Waals surface area contributed by atoms with Crippen LogP contribution in [-0.4, -0.2) is 56.5 Å². The lowest BCUT2D eigenvalue weighted by Crippen LogP contribution is -2.47. The number of aromatic hydroxyl groups is 1. The minimum absolute atomic E-state index is 0.118. The SMILES string of the molecule is CCOc1cccc(C(c2sc3ncnn3c2O)N2CC(C)OC(C)C2)c1. The van der Waals surface area contributed by atoms with Gasteiger partial charge in [0.05, 0.1) is 29.7 Å². The molecule has 3 unspecified atom stereocenters. The first kappa shape index (κ1) is 18.2. The first-order valence-electron chi connectivity index (χ1n) is 9.20. The van der Waals surface area contributed by atoms with Crippen LogP contribution in [-0.2, 0) is 4.74 Å². The second-order valence-corrected chi connectivity index (χ2v) is 7.87. The van der Waals surface area contributed by atoms with E-state index < -0.39 is 0 Å². The maximum absolute atomic E-state index is 10.8. The van der Waals surface area contributed by atoms with Crippen molar-refractivity contribution in [2.45, 2.75) is 39.0 Å². The van der Waals surface area contributed by atoms with Crippen LogP contribution in [0.4, 0.5) is 0 Å². The van der Waals surface area contributed by atoms with Crippen LogP contribution in [0.15, 0.2) is 30.6 Å². The van der Waals surface area contributed by atoms with Crippen molar-refractivity contribution in [3.05, 3.63) is 41.0 Å². The zero-order valence-electron chi connectivity index (χ0n) is 15.7. The number of aromatic nitrogens is 3. The predicted molar refractivity (Wildman–Crippen MR) is 104 cm³/mol. The first-order valence-corrected chi connectivity index (χ1v) is 10.0. The molecule has 0 aliphatic carbocycles. The van der Waals surface area contributed by atoms with E-state index in [4.69, 9.17) is 9.47 Å². The molecule has 1 saturated heterocycles. The monoisotopic (exact) mass is 388 g/mol. The van der Waals surface area contributed by atoms with Crippen LogP contribution < -0.4 is 4.74 Å². The Balaban J connectivity index is 1.80. The number of hydrogen-bond acceptors (Lipinski definition) is 7. The van der Waals surface area contributed by atoms with Gasteiger partial charge < -0.3 is 14.6 Å². The van der Waals surface area contributed by atoms with Crippen LogP contribution in [0, 0.1) is 0 Å². The van der Waals surface area contributed by atoms with Gasteiger partial charge in [-0.15, -0.1) is 0 Å². The van der Waals surface area contributed by atoms with Gasteiger partial charge in [0.25, 0.3) is 0 Å². The van der Waals surface area contributed by atoms with E-state index >= 15 is 0 Å². The summed E-state index contributed by atoms with van der Waals surface area (Å²) in [4.78, 5) is 8.11. The average Bonchev–Trinajstić information content (AvgIpc) is 3.19. The molecule has 8 heteroatoms. The fourth-order valence-electron chi connectivity index (χ4n) is 3.77. The molecule has 0 bridgehead atoms. The van der Waals surface area contributed by atoms with Crippen LogP contribution in [0.3, 0.4) is 0 Å². The highest BCUT2D eigenvalue weighted by molar-refractivity contribution is 7.17. The van der Waals surface area contributed by atoms with Crippen molar-refractivity contribution in [3.8, 4) is 11.6 Å². The third kappa shape index (κ3) is 3.52. The Hall–Kier alpha value is -2.16. The average molecular weight is 388 g/mol. The third-order valence-corrected chi connectivity index (χ3v) is 5.77. The fourth-order valence-corrected chi connectivity index (χ4v) is 4.86. The summed E-state index contributed by atoms with van der Waals surface area (Å²) in [6, 6.07) is 7.96. The van der Waals surface area contributed by atoms with E-state index in [1.807, 2.05) is 25.1 Å². The molecular weight excluding hydrogens is 364 g/mol. The van der Waals surface area contributed by atoms with Gasteiger partial charge in [-0.2, -0.15) is 9.61 Å². The molecular formula is C19H24N4O3S. The van der Waals surface area contributed by atoms with Gasteiger partial charge >= 0.3 is 0 Å². The normalized spacial score (nSPS) is 22.2. The number of rotatable bonds is 5. The Kier molecular flexibility index (Phi) is 5.03. The van der Waals surface area contributed by atoms with Crippen molar-refractivity contribution in [2.75, 3.05) is 19.7 Å². The van der Waals surface area contributed by atoms with E-state index in [9.17, 15) is 5.11 Å². The predicted octanol–water partition coefficient (Wildman–Crippen LogP) is 3.09. The smallest absolute Gasteiger partial charge is 0.230 e. The van der Waals surface area contributed by atoms with Gasteiger partial charge in [-0.25, -0.2) is 4.98 Å². The number of ether oxygens (including phenoxy) is 2. The summed E-state index contributed by atoms with van der Waals surface area (Å²) >= 11 is 1.46. The highest BCUT2D eigenvalue weighted by Gasteiger charge is 2.34. The zero-order valence-corrected chi connectivity index (χ0v) is 16.5. The molecule has 1 aliphatic rings. The summed E-state index contributed by atoms with van der Waals surface area (Å²) in [7, 11) is 0. The molecule has 1 aromatic carbocycles. The zero-order chi connectivity index (χ0) is 19.0. The van der Waals surface area contributed by atoms with Gasteiger partial charge in [0.1, 0.15) is 12.1 Å². The van der Waals surface area contributed by atoms with Crippen molar-refractivity contribution >= 4 is 16.3 Å². The number of thiazole rings is 1. The lowest BCUT2D eigenvalue weighted by Gasteiger charge is -2.40. The maximum Gasteiger partial charge on any atom is 0.230 e. The Morgan fingerprint density at radius 1 is 1.33 bits per heavy atom. The molecule has 1 fully saturated rings. The lowest BCUT2D eigenvalue weighted by atomic mass is 10.0. The van der Waals surface area contributed by atoms with E-state index in [-0.39, 0.29) is 24.1 Å². The first-order chi connectivity index (χ1) is 13.1. The van der Waals surface area contributed by atoms with Crippen LogP contribution >= 0.6 is 11.3 Å². The summed E-state index contributed by atoms with van der Waals surface area (Å²) in [6.07, 6.45) is 1.70. The van der Waals surface area contributed by atoms with Crippen LogP contribution in [0.2, 0.25) is 0 Å². The minimum atomic E-state index is -0.118. The molecule has 4 rings (SSSR count). The van der Waals surface area contributed by atoms with Crippen LogP contribution in [0.25, 0.3) is 4.96 Å². The summed E-state index contributed by atoms with van der Waals surface area (Å²) in [5.41, 5.74) is 1.07. The second-order valence-electron chi connectivity index (χ2n) is 6.86. The standard InChI is InChI=1S/C19H24N4O3S/c1-4-25-15-7-5-6-14(8-15)16(22-9-12(2)26-13(3)10-22)17-18(24)23-19(27-17)20-11-21-23/h5-8,11-13,16,24H,4,9-10H2,1-3H3. The van der Waals surface area contributed by atoms with E-state index in [1.165, 1.54) is 22.2 Å². The summed E-state index contributed by atoms with van der Waals surface area (Å²) in [6.45, 7) is 8.31. The molecule has 3 atom stereocenters. The van der Waals surface area contributed by atoms with Crippen molar-refractivity contribution in [3.63, 3.8) is 0 Å². The van der Waals surface area contributed by atoms with Crippen molar-refractivity contribution in [1.82, 2.24) is 19.5 Å². The van der Waals surface area contributed by atoms with Crippen LogP contribution in [0.5, 0.6) is 11.6 Å². The Morgan fingerprint density at radius 2 is 2.11 bits per heavy atom. The van der Waals surface area contributed by atoms with Gasteiger partial charge in [-0.3, -0.25) is 4.90 Å². The van der Waals surface area contributed by atoms with Crippen molar-refractivity contribution in [2.24, 2.45) is 0 Å². The van der Waals surface area contributed by atoms with Crippen LogP contribution in [0.1, 0.15) is 37.3 Å². The quantitative estimate of drug-likeness (QED) is 0.724. The molecule has 2 aromatic heterocycles. The number of morpholine rings is 1. The number of nitrogens with zero attached hydrogens (tertiary/aromatic N) is 4. The van der Waals surface area contributed by atoms with Gasteiger partial charge in [-0.1, -0.05) is 23.5 Å². The van der Waals surface area contributed by atoms with Gasteiger partial charge in [0, 0.05) is 13.1 Å². The molecule has 0 amide bonds. The highest BCUT2D eigenvalue weighted by Crippen LogP contribution is 2.41. The Bertz CT molecular complexity index is 915. The summed E-state index contributed by atoms with van der Waals surface area (Å²) in [5, 5.41) is 15.0. The van der Waals surface area contributed by atoms with Crippen molar-refractivity contribution < 1.29 is 14.6 Å². The summed E-state index contributed by atoms with van der Waals surface area (Å²) in [5.74, 6) is 0.972. The molecule has 27 heavy (non-hydrogen) atoms. The second kappa shape index (κ2) is 7.46. The minimum Gasteiger partial charge on any atom is -0.494 e. The molecule has 0 saturated carbocycles. The van der Waals surface area contributed by atoms with Gasteiger partial charge in [0.15, 0.2) is 0 Å². The topological polar surface area (TPSA) is 72.1 Å². The molecule has 1 aliphatic heterocycles. The van der Waals surface area contributed by atoms with E-state index in [2.05, 4.69) is 34.9 Å². The number of fused-ring (bicyclic) bond motifs is 1. The van der Waals surface area contributed by atoms with E-state index in [1.54, 1.807) is 0 Å². The molecule has 3 aromatic rings. The van der Waals surface area contributed by atoms with Gasteiger partial charge in [-0.05, 0) is 38.5 Å². The number of benzene rings is 1. The Morgan fingerprint density at radius 3 is 2.81 bits per heavy atom. The third-order valence-electron chi connectivity index (χ3n) is 4.68. The molecule has 0 spiro atoms. The highest BCUT2D eigenvalue weighted by atomic mass is 32.1. The van der Waals surface area contributed by atoms with Gasteiger partial charge in [0.2, 0.25) is 10.8 Å². The largest absolute Gasteiger partial charge is 0.494 e. The molecule has 1 N–H and O–H groups in total. The number of hydrogen-bond donors (Lipinski definition) is 1. The van der Waals surface area contributed by atoms with E-state index in [0.717, 1.165) is 29.3 Å².